The Morgan fingerprint density at radius 3 is 1.85 bits per heavy atom. The van der Waals surface area contributed by atoms with Crippen molar-refractivity contribution < 1.29 is 21.6 Å². The fraction of sp³-hybridized carbons (Fsp3) is 0.364. The standard InChI is InChI=1S/C11H16N2O5S2/c1-4-12-11(14)9-5-7-10(8-6-9)13(19(2,15)16)20(3,17)18/h5-8H,4H2,1-3H3,(H,12,14). The second-order valence-electron chi connectivity index (χ2n) is 4.13. The Morgan fingerprint density at radius 2 is 1.50 bits per heavy atom. The molecule has 1 amide bonds. The maximum atomic E-state index is 11.6. The van der Waals surface area contributed by atoms with E-state index in [1.54, 1.807) is 6.92 Å². The first-order valence-electron chi connectivity index (χ1n) is 5.66. The van der Waals surface area contributed by atoms with Crippen LogP contribution in [-0.4, -0.2) is 41.8 Å². The zero-order chi connectivity index (χ0) is 15.6. The lowest BCUT2D eigenvalue weighted by atomic mass is 10.2. The van der Waals surface area contributed by atoms with Gasteiger partial charge in [-0.2, -0.15) is 3.71 Å². The topological polar surface area (TPSA) is 101 Å². The number of amides is 1. The molecule has 0 aliphatic heterocycles. The Balaban J connectivity index is 3.23. The fourth-order valence-electron chi connectivity index (χ4n) is 1.63. The second kappa shape index (κ2) is 5.80. The third-order valence-corrected chi connectivity index (χ3v) is 5.53. The van der Waals surface area contributed by atoms with Gasteiger partial charge in [-0.1, -0.05) is 0 Å². The zero-order valence-electron chi connectivity index (χ0n) is 11.3. The van der Waals surface area contributed by atoms with Crippen LogP contribution >= 0.6 is 0 Å². The van der Waals surface area contributed by atoms with E-state index in [1.165, 1.54) is 24.3 Å². The maximum absolute atomic E-state index is 11.6. The maximum Gasteiger partial charge on any atom is 0.251 e. The molecule has 0 bridgehead atoms. The summed E-state index contributed by atoms with van der Waals surface area (Å²) in [6.07, 6.45) is 1.59. The number of carbonyl (C=O) groups excluding carboxylic acids is 1. The Morgan fingerprint density at radius 1 is 1.05 bits per heavy atom. The summed E-state index contributed by atoms with van der Waals surface area (Å²) in [7, 11) is -7.95. The van der Waals surface area contributed by atoms with Gasteiger partial charge in [0.1, 0.15) is 0 Å². The molecule has 1 rings (SSSR count). The van der Waals surface area contributed by atoms with Gasteiger partial charge in [0, 0.05) is 12.1 Å². The van der Waals surface area contributed by atoms with Gasteiger partial charge in [-0.05, 0) is 31.2 Å². The number of benzene rings is 1. The van der Waals surface area contributed by atoms with Crippen molar-refractivity contribution in [3.05, 3.63) is 29.8 Å². The van der Waals surface area contributed by atoms with E-state index >= 15 is 0 Å². The van der Waals surface area contributed by atoms with Crippen LogP contribution in [0.2, 0.25) is 0 Å². The second-order valence-corrected chi connectivity index (χ2v) is 8.02. The molecule has 7 nitrogen and oxygen atoms in total. The highest BCUT2D eigenvalue weighted by Crippen LogP contribution is 2.21. The number of rotatable bonds is 5. The van der Waals surface area contributed by atoms with Gasteiger partial charge in [-0.15, -0.1) is 0 Å². The van der Waals surface area contributed by atoms with Gasteiger partial charge >= 0.3 is 0 Å². The average molecular weight is 320 g/mol. The normalized spacial score (nSPS) is 11.9. The average Bonchev–Trinajstić information content (AvgIpc) is 2.26. The van der Waals surface area contributed by atoms with Crippen LogP contribution in [0.1, 0.15) is 17.3 Å². The molecule has 0 unspecified atom stereocenters. The molecule has 0 fully saturated rings. The number of nitrogens with one attached hydrogen (secondary N) is 1. The molecule has 9 heteroatoms. The van der Waals surface area contributed by atoms with Crippen LogP contribution in [0.15, 0.2) is 24.3 Å². The van der Waals surface area contributed by atoms with Crippen molar-refractivity contribution >= 4 is 31.6 Å². The first-order chi connectivity index (χ1) is 9.07. The highest BCUT2D eigenvalue weighted by Gasteiger charge is 2.27. The van der Waals surface area contributed by atoms with Gasteiger partial charge in [0.25, 0.3) is 5.91 Å². The van der Waals surface area contributed by atoms with E-state index in [1.807, 2.05) is 0 Å². The first kappa shape index (κ1) is 16.4. The number of hydrogen-bond donors (Lipinski definition) is 1. The van der Waals surface area contributed by atoms with Crippen molar-refractivity contribution in [3.63, 3.8) is 0 Å². The Hall–Kier alpha value is -1.61. The molecule has 0 aliphatic rings. The molecule has 112 valence electrons. The molecule has 20 heavy (non-hydrogen) atoms. The van der Waals surface area contributed by atoms with E-state index in [9.17, 15) is 21.6 Å². The summed E-state index contributed by atoms with van der Waals surface area (Å²) in [5.41, 5.74) is 0.278. The molecule has 0 aromatic heterocycles. The van der Waals surface area contributed by atoms with Crippen molar-refractivity contribution in [3.8, 4) is 0 Å². The van der Waals surface area contributed by atoms with Crippen molar-refractivity contribution in [1.29, 1.82) is 0 Å². The smallest absolute Gasteiger partial charge is 0.251 e. The minimum atomic E-state index is -3.97. The summed E-state index contributed by atoms with van der Waals surface area (Å²) < 4.78 is 46.6. The van der Waals surface area contributed by atoms with E-state index in [4.69, 9.17) is 0 Å². The van der Waals surface area contributed by atoms with E-state index in [-0.39, 0.29) is 11.6 Å². The quantitative estimate of drug-likeness (QED) is 0.833. The number of carbonyl (C=O) groups is 1. The zero-order valence-corrected chi connectivity index (χ0v) is 13.0. The Bertz CT molecular complexity index is 661. The Kier molecular flexibility index (Phi) is 4.77. The third-order valence-electron chi connectivity index (χ3n) is 2.28. The van der Waals surface area contributed by atoms with Crippen LogP contribution in [0.4, 0.5) is 5.69 Å². The molecular formula is C11H16N2O5S2. The molecule has 0 aliphatic carbocycles. The summed E-state index contributed by atoms with van der Waals surface area (Å²) in [6.45, 7) is 2.22. The summed E-state index contributed by atoms with van der Waals surface area (Å²) in [5, 5.41) is 2.58. The van der Waals surface area contributed by atoms with Gasteiger partial charge in [0.2, 0.25) is 20.0 Å². The van der Waals surface area contributed by atoms with Crippen LogP contribution in [0.3, 0.4) is 0 Å². The van der Waals surface area contributed by atoms with Crippen LogP contribution in [-0.2, 0) is 20.0 Å². The van der Waals surface area contributed by atoms with Crippen molar-refractivity contribution in [1.82, 2.24) is 5.32 Å². The number of nitrogens with zero attached hydrogens (tertiary/aromatic N) is 1. The van der Waals surface area contributed by atoms with E-state index < -0.39 is 20.0 Å². The van der Waals surface area contributed by atoms with Crippen LogP contribution in [0, 0.1) is 0 Å². The molecule has 0 saturated heterocycles. The first-order valence-corrected chi connectivity index (χ1v) is 9.35. The lowest BCUT2D eigenvalue weighted by Crippen LogP contribution is -2.35. The summed E-state index contributed by atoms with van der Waals surface area (Å²) in [4.78, 5) is 11.6. The number of sulfonamides is 2. The monoisotopic (exact) mass is 320 g/mol. The largest absolute Gasteiger partial charge is 0.352 e. The van der Waals surface area contributed by atoms with E-state index in [2.05, 4.69) is 5.32 Å². The van der Waals surface area contributed by atoms with E-state index in [0.29, 0.717) is 15.8 Å². The van der Waals surface area contributed by atoms with Gasteiger partial charge in [0.15, 0.2) is 0 Å². The van der Waals surface area contributed by atoms with Gasteiger partial charge in [-0.3, -0.25) is 4.79 Å². The lowest BCUT2D eigenvalue weighted by Gasteiger charge is -2.19. The predicted octanol–water partition coefficient (Wildman–Crippen LogP) is 0.162. The highest BCUT2D eigenvalue weighted by atomic mass is 32.3. The fourth-order valence-corrected chi connectivity index (χ4v) is 4.60. The SMILES string of the molecule is CCNC(=O)c1ccc(N(S(C)(=O)=O)S(C)(=O)=O)cc1. The minimum absolute atomic E-state index is 0.0388. The van der Waals surface area contributed by atoms with Crippen LogP contribution in [0.25, 0.3) is 0 Å². The predicted molar refractivity (Wildman–Crippen MR) is 76.6 cm³/mol. The molecule has 0 radical (unpaired) electrons. The van der Waals surface area contributed by atoms with Gasteiger partial charge < -0.3 is 5.32 Å². The molecule has 1 aromatic rings. The molecule has 0 atom stereocenters. The van der Waals surface area contributed by atoms with Gasteiger partial charge in [-0.25, -0.2) is 16.8 Å². The molecule has 0 spiro atoms. The Labute approximate surface area is 118 Å². The molecule has 1 aromatic carbocycles. The summed E-state index contributed by atoms with van der Waals surface area (Å²) in [5.74, 6) is -0.315. The third kappa shape index (κ3) is 3.94. The van der Waals surface area contributed by atoms with Crippen molar-refractivity contribution in [2.45, 2.75) is 6.92 Å². The van der Waals surface area contributed by atoms with Crippen LogP contribution in [0.5, 0.6) is 0 Å². The summed E-state index contributed by atoms with van der Waals surface area (Å²) in [6, 6.07) is 5.27. The molecular weight excluding hydrogens is 304 g/mol. The molecule has 0 saturated carbocycles. The molecule has 1 N–H and O–H groups in total. The van der Waals surface area contributed by atoms with Crippen molar-refractivity contribution in [2.75, 3.05) is 22.8 Å². The highest BCUT2D eigenvalue weighted by molar-refractivity contribution is 8.09. The summed E-state index contributed by atoms with van der Waals surface area (Å²) >= 11 is 0. The number of anilines is 1. The van der Waals surface area contributed by atoms with E-state index in [0.717, 1.165) is 12.5 Å². The van der Waals surface area contributed by atoms with Crippen LogP contribution < -0.4 is 9.03 Å². The van der Waals surface area contributed by atoms with Crippen molar-refractivity contribution in [2.24, 2.45) is 0 Å². The lowest BCUT2D eigenvalue weighted by molar-refractivity contribution is 0.0956. The van der Waals surface area contributed by atoms with Gasteiger partial charge in [0.05, 0.1) is 18.2 Å². The minimum Gasteiger partial charge on any atom is -0.352 e. The number of hydrogen-bond acceptors (Lipinski definition) is 5. The molecule has 0 heterocycles.